The van der Waals surface area contributed by atoms with Crippen molar-refractivity contribution in [2.24, 2.45) is 5.84 Å². The van der Waals surface area contributed by atoms with Gasteiger partial charge in [0.2, 0.25) is 5.95 Å². The zero-order valence-electron chi connectivity index (χ0n) is 10.1. The summed E-state index contributed by atoms with van der Waals surface area (Å²) in [7, 11) is 0. The number of nitrogens with two attached hydrogens (primary N) is 1. The maximum Gasteiger partial charge on any atom is 0.240 e. The Bertz CT molecular complexity index is 572. The van der Waals surface area contributed by atoms with E-state index < -0.39 is 0 Å². The minimum absolute atomic E-state index is 0.398. The van der Waals surface area contributed by atoms with Gasteiger partial charge >= 0.3 is 0 Å². The number of hydrogen-bond donors (Lipinski definition) is 2. The van der Waals surface area contributed by atoms with E-state index >= 15 is 0 Å². The molecule has 7 heteroatoms. The summed E-state index contributed by atoms with van der Waals surface area (Å²) in [6.07, 6.45) is 0.467. The number of rotatable bonds is 5. The van der Waals surface area contributed by atoms with Gasteiger partial charge in [-0.15, -0.1) is 11.3 Å². The van der Waals surface area contributed by atoms with Crippen LogP contribution in [0.25, 0.3) is 10.2 Å². The molecule has 0 fully saturated rings. The van der Waals surface area contributed by atoms with E-state index in [1.165, 1.54) is 0 Å². The molecule has 2 aromatic rings. The lowest BCUT2D eigenvalue weighted by Crippen LogP contribution is -2.25. The molecule has 6 nitrogen and oxygen atoms in total. The second kappa shape index (κ2) is 5.62. The number of hydrogen-bond acceptors (Lipinski definition) is 7. The Kier molecular flexibility index (Phi) is 3.92. The number of thiophene rings is 1. The van der Waals surface area contributed by atoms with Crippen LogP contribution in [-0.2, 0) is 0 Å². The van der Waals surface area contributed by atoms with Gasteiger partial charge < -0.3 is 4.90 Å². The lowest BCUT2D eigenvalue weighted by Gasteiger charge is -2.21. The first-order valence-electron chi connectivity index (χ1n) is 5.64. The normalized spacial score (nSPS) is 10.3. The van der Waals surface area contributed by atoms with E-state index in [9.17, 15) is 0 Å². The Morgan fingerprint density at radius 1 is 1.56 bits per heavy atom. The lowest BCUT2D eigenvalue weighted by molar-refractivity contribution is 0.814. The zero-order chi connectivity index (χ0) is 13.0. The largest absolute Gasteiger partial charge is 0.355 e. The predicted molar refractivity (Wildman–Crippen MR) is 73.3 cm³/mol. The van der Waals surface area contributed by atoms with E-state index in [0.717, 1.165) is 22.6 Å². The van der Waals surface area contributed by atoms with E-state index in [1.807, 2.05) is 18.4 Å². The average molecular weight is 262 g/mol. The van der Waals surface area contributed by atoms with E-state index in [2.05, 4.69) is 26.4 Å². The molecule has 0 atom stereocenters. The topological polar surface area (TPSA) is 90.9 Å². The molecule has 0 radical (unpaired) electrons. The summed E-state index contributed by atoms with van der Waals surface area (Å²) < 4.78 is 0. The fraction of sp³-hybridized carbons (Fsp3) is 0.364. The van der Waals surface area contributed by atoms with Gasteiger partial charge in [-0.1, -0.05) is 0 Å². The summed E-state index contributed by atoms with van der Waals surface area (Å²) in [5, 5.41) is 11.7. The third-order valence-electron chi connectivity index (χ3n) is 2.61. The molecule has 18 heavy (non-hydrogen) atoms. The fourth-order valence-electron chi connectivity index (χ4n) is 1.74. The molecule has 0 aliphatic heterocycles. The quantitative estimate of drug-likeness (QED) is 0.629. The molecule has 0 saturated heterocycles. The number of aromatic nitrogens is 2. The maximum absolute atomic E-state index is 8.69. The van der Waals surface area contributed by atoms with Gasteiger partial charge in [0.05, 0.1) is 17.9 Å². The third kappa shape index (κ3) is 2.34. The van der Waals surface area contributed by atoms with Crippen molar-refractivity contribution in [2.45, 2.75) is 13.3 Å². The lowest BCUT2D eigenvalue weighted by atomic mass is 10.3. The van der Waals surface area contributed by atoms with Crippen molar-refractivity contribution in [3.8, 4) is 6.07 Å². The second-order valence-corrected chi connectivity index (χ2v) is 4.54. The van der Waals surface area contributed by atoms with Crippen molar-refractivity contribution in [3.05, 3.63) is 11.4 Å². The highest BCUT2D eigenvalue weighted by Gasteiger charge is 2.13. The monoisotopic (exact) mass is 262 g/mol. The van der Waals surface area contributed by atoms with Gasteiger partial charge in [-0.25, -0.2) is 10.8 Å². The summed E-state index contributed by atoms with van der Waals surface area (Å²) in [5.74, 6) is 6.60. The highest BCUT2D eigenvalue weighted by atomic mass is 32.1. The molecule has 0 unspecified atom stereocenters. The Labute approximate surface area is 109 Å². The smallest absolute Gasteiger partial charge is 0.240 e. The summed E-state index contributed by atoms with van der Waals surface area (Å²) in [6.45, 7) is 3.47. The van der Waals surface area contributed by atoms with Crippen LogP contribution in [0, 0.1) is 11.3 Å². The number of anilines is 2. The molecule has 0 aliphatic rings. The van der Waals surface area contributed by atoms with Crippen LogP contribution >= 0.6 is 11.3 Å². The molecule has 0 bridgehead atoms. The van der Waals surface area contributed by atoms with Gasteiger partial charge in [-0.3, -0.25) is 5.43 Å². The minimum Gasteiger partial charge on any atom is -0.355 e. The van der Waals surface area contributed by atoms with Crippen LogP contribution in [0.15, 0.2) is 11.4 Å². The van der Waals surface area contributed by atoms with Crippen molar-refractivity contribution in [1.29, 1.82) is 5.26 Å². The van der Waals surface area contributed by atoms with Crippen molar-refractivity contribution in [2.75, 3.05) is 23.4 Å². The molecule has 0 amide bonds. The van der Waals surface area contributed by atoms with Crippen molar-refractivity contribution >= 4 is 33.3 Å². The average Bonchev–Trinajstić information content (AvgIpc) is 2.87. The van der Waals surface area contributed by atoms with Crippen LogP contribution in [0.3, 0.4) is 0 Å². The molecule has 2 rings (SSSR count). The summed E-state index contributed by atoms with van der Waals surface area (Å²) in [6, 6.07) is 4.14. The summed E-state index contributed by atoms with van der Waals surface area (Å²) >= 11 is 1.54. The van der Waals surface area contributed by atoms with Crippen LogP contribution in [0.5, 0.6) is 0 Å². The molecule has 2 aromatic heterocycles. The first-order chi connectivity index (χ1) is 8.80. The van der Waals surface area contributed by atoms with Gasteiger partial charge in [-0.2, -0.15) is 10.2 Å². The number of fused-ring (bicyclic) bond motifs is 1. The Morgan fingerprint density at radius 3 is 3.06 bits per heavy atom. The highest BCUT2D eigenvalue weighted by Crippen LogP contribution is 2.28. The van der Waals surface area contributed by atoms with Crippen LogP contribution in [-0.4, -0.2) is 23.1 Å². The van der Waals surface area contributed by atoms with E-state index in [4.69, 9.17) is 11.1 Å². The number of hydrazine groups is 1. The molecular formula is C11H14N6S. The van der Waals surface area contributed by atoms with Crippen LogP contribution < -0.4 is 16.2 Å². The molecule has 94 valence electrons. The van der Waals surface area contributed by atoms with Crippen molar-refractivity contribution in [1.82, 2.24) is 9.97 Å². The minimum atomic E-state index is 0.398. The summed E-state index contributed by atoms with van der Waals surface area (Å²) in [5.41, 5.74) is 2.48. The number of nitrogens with one attached hydrogen (secondary N) is 1. The number of nitriles is 1. The molecule has 3 N–H and O–H groups in total. The van der Waals surface area contributed by atoms with Gasteiger partial charge in [0.25, 0.3) is 0 Å². The second-order valence-electron chi connectivity index (χ2n) is 3.64. The molecule has 0 aliphatic carbocycles. The first kappa shape index (κ1) is 12.5. The molecule has 2 heterocycles. The Balaban J connectivity index is 2.46. The molecule has 0 spiro atoms. The van der Waals surface area contributed by atoms with E-state index in [1.54, 1.807) is 11.3 Å². The molecular weight excluding hydrogens is 248 g/mol. The van der Waals surface area contributed by atoms with Crippen LogP contribution in [0.2, 0.25) is 0 Å². The highest BCUT2D eigenvalue weighted by molar-refractivity contribution is 7.16. The van der Waals surface area contributed by atoms with Crippen LogP contribution in [0.4, 0.5) is 11.8 Å². The first-order valence-corrected chi connectivity index (χ1v) is 6.51. The SMILES string of the molecule is CCN(CCC#N)c1nc(NN)nc2sccc12. The van der Waals surface area contributed by atoms with Crippen molar-refractivity contribution in [3.63, 3.8) is 0 Å². The number of nitrogens with zero attached hydrogens (tertiary/aromatic N) is 4. The van der Waals surface area contributed by atoms with Gasteiger partial charge in [-0.05, 0) is 18.4 Å². The molecule has 0 saturated carbocycles. The van der Waals surface area contributed by atoms with E-state index in [0.29, 0.717) is 18.9 Å². The molecule has 0 aromatic carbocycles. The summed E-state index contributed by atoms with van der Waals surface area (Å²) in [4.78, 5) is 11.6. The maximum atomic E-state index is 8.69. The Hall–Kier alpha value is -1.91. The van der Waals surface area contributed by atoms with Gasteiger partial charge in [0.15, 0.2) is 0 Å². The Morgan fingerprint density at radius 2 is 2.39 bits per heavy atom. The number of nitrogen functional groups attached to an aromatic ring is 1. The van der Waals surface area contributed by atoms with Crippen LogP contribution in [0.1, 0.15) is 13.3 Å². The van der Waals surface area contributed by atoms with Gasteiger partial charge in [0, 0.05) is 13.1 Å². The third-order valence-corrected chi connectivity index (χ3v) is 3.42. The van der Waals surface area contributed by atoms with Crippen molar-refractivity contribution < 1.29 is 0 Å². The van der Waals surface area contributed by atoms with Gasteiger partial charge in [0.1, 0.15) is 10.6 Å². The van der Waals surface area contributed by atoms with E-state index in [-0.39, 0.29) is 0 Å². The predicted octanol–water partition coefficient (Wildman–Crippen LogP) is 1.72. The standard InChI is InChI=1S/C11H14N6S/c1-2-17(6-3-5-12)9-8-4-7-18-10(8)15-11(14-9)16-13/h4,7H,2-3,6,13H2,1H3,(H,14,15,16). The fourth-order valence-corrected chi connectivity index (χ4v) is 2.50. The zero-order valence-corrected chi connectivity index (χ0v) is 10.9.